The van der Waals surface area contributed by atoms with Crippen LogP contribution in [-0.2, 0) is 6.42 Å². The van der Waals surface area contributed by atoms with E-state index in [9.17, 15) is 0 Å². The van der Waals surface area contributed by atoms with Crippen LogP contribution < -0.4 is 4.74 Å². The largest absolute Gasteiger partial charge is 0.497 e. The lowest BCUT2D eigenvalue weighted by Crippen LogP contribution is -1.89. The lowest BCUT2D eigenvalue weighted by molar-refractivity contribution is 0.385. The second-order valence-corrected chi connectivity index (χ2v) is 6.86. The topological polar surface area (TPSA) is 61.0 Å². The molecule has 0 fully saturated rings. The van der Waals surface area contributed by atoms with Crippen LogP contribution in [0.5, 0.6) is 5.75 Å². The summed E-state index contributed by atoms with van der Waals surface area (Å²) in [6.45, 7) is 2.04. The summed E-state index contributed by atoms with van der Waals surface area (Å²) in [6, 6.07) is 15.9. The van der Waals surface area contributed by atoms with Gasteiger partial charge in [-0.2, -0.15) is 4.98 Å². The molecular formula is C20H17N3O2S. The number of nitrogens with zero attached hydrogens (tertiary/aromatic N) is 3. The monoisotopic (exact) mass is 363 g/mol. The summed E-state index contributed by atoms with van der Waals surface area (Å²) < 4.78 is 10.7. The Labute approximate surface area is 155 Å². The maximum Gasteiger partial charge on any atom is 0.233 e. The van der Waals surface area contributed by atoms with Crippen LogP contribution in [0.2, 0.25) is 0 Å². The predicted molar refractivity (Wildman–Crippen MR) is 101 cm³/mol. The molecular weight excluding hydrogens is 346 g/mol. The second-order valence-electron chi connectivity index (χ2n) is 5.92. The average Bonchev–Trinajstić information content (AvgIpc) is 3.32. The molecule has 26 heavy (non-hydrogen) atoms. The van der Waals surface area contributed by atoms with Crippen LogP contribution in [0.25, 0.3) is 22.6 Å². The van der Waals surface area contributed by atoms with Crippen molar-refractivity contribution in [3.63, 3.8) is 0 Å². The van der Waals surface area contributed by atoms with Crippen molar-refractivity contribution >= 4 is 11.3 Å². The van der Waals surface area contributed by atoms with E-state index in [-0.39, 0.29) is 0 Å². The van der Waals surface area contributed by atoms with Gasteiger partial charge in [0.15, 0.2) is 0 Å². The summed E-state index contributed by atoms with van der Waals surface area (Å²) >= 11 is 1.58. The van der Waals surface area contributed by atoms with Crippen LogP contribution in [0.3, 0.4) is 0 Å². The zero-order valence-corrected chi connectivity index (χ0v) is 15.3. The second kappa shape index (κ2) is 7.09. The fraction of sp³-hybridized carbons (Fsp3) is 0.150. The van der Waals surface area contributed by atoms with Gasteiger partial charge >= 0.3 is 0 Å². The molecule has 5 nitrogen and oxygen atoms in total. The molecule has 0 aliphatic carbocycles. The highest BCUT2D eigenvalue weighted by molar-refractivity contribution is 7.10. The molecule has 0 unspecified atom stereocenters. The van der Waals surface area contributed by atoms with Gasteiger partial charge in [0.2, 0.25) is 11.7 Å². The molecule has 0 amide bonds. The molecule has 2 heterocycles. The molecule has 0 bridgehead atoms. The van der Waals surface area contributed by atoms with E-state index in [0.717, 1.165) is 33.1 Å². The van der Waals surface area contributed by atoms with Crippen molar-refractivity contribution in [3.8, 4) is 28.4 Å². The van der Waals surface area contributed by atoms with Crippen LogP contribution in [0, 0.1) is 6.92 Å². The summed E-state index contributed by atoms with van der Waals surface area (Å²) in [5.74, 6) is 1.98. The molecule has 130 valence electrons. The van der Waals surface area contributed by atoms with Crippen molar-refractivity contribution in [2.75, 3.05) is 7.11 Å². The third-order valence-electron chi connectivity index (χ3n) is 3.96. The van der Waals surface area contributed by atoms with Gasteiger partial charge in [-0.3, -0.25) is 0 Å². The third-order valence-corrected chi connectivity index (χ3v) is 4.81. The smallest absolute Gasteiger partial charge is 0.233 e. The van der Waals surface area contributed by atoms with E-state index in [4.69, 9.17) is 9.26 Å². The fourth-order valence-electron chi connectivity index (χ4n) is 2.66. The maximum absolute atomic E-state index is 5.40. The summed E-state index contributed by atoms with van der Waals surface area (Å²) in [6.07, 6.45) is 0.521. The average molecular weight is 363 g/mol. The number of thiazole rings is 1. The van der Waals surface area contributed by atoms with Crippen molar-refractivity contribution in [1.82, 2.24) is 15.1 Å². The molecule has 0 aliphatic rings. The lowest BCUT2D eigenvalue weighted by atomic mass is 10.1. The molecule has 0 atom stereocenters. The Bertz CT molecular complexity index is 1040. The molecule has 0 N–H and O–H groups in total. The van der Waals surface area contributed by atoms with Gasteiger partial charge in [-0.25, -0.2) is 4.98 Å². The van der Waals surface area contributed by atoms with E-state index in [1.807, 2.05) is 60.8 Å². The zero-order chi connectivity index (χ0) is 17.9. The van der Waals surface area contributed by atoms with E-state index >= 15 is 0 Å². The van der Waals surface area contributed by atoms with Gasteiger partial charge < -0.3 is 9.26 Å². The quantitative estimate of drug-likeness (QED) is 0.511. The molecule has 2 aromatic heterocycles. The Hall–Kier alpha value is -2.99. The van der Waals surface area contributed by atoms with Crippen molar-refractivity contribution in [2.45, 2.75) is 13.3 Å². The molecule has 0 radical (unpaired) electrons. The van der Waals surface area contributed by atoms with Crippen LogP contribution in [-0.4, -0.2) is 22.2 Å². The summed E-state index contributed by atoms with van der Waals surface area (Å²) in [4.78, 5) is 9.18. The number of aromatic nitrogens is 3. The molecule has 2 aromatic carbocycles. The zero-order valence-electron chi connectivity index (χ0n) is 14.5. The van der Waals surface area contributed by atoms with Gasteiger partial charge in [-0.05, 0) is 25.1 Å². The Kier molecular flexibility index (Phi) is 4.50. The lowest BCUT2D eigenvalue weighted by Gasteiger charge is -2.01. The first-order valence-corrected chi connectivity index (χ1v) is 9.08. The van der Waals surface area contributed by atoms with E-state index in [1.165, 1.54) is 0 Å². The minimum absolute atomic E-state index is 0.521. The first-order chi connectivity index (χ1) is 12.7. The van der Waals surface area contributed by atoms with Gasteiger partial charge in [0.05, 0.1) is 19.2 Å². The van der Waals surface area contributed by atoms with Gasteiger partial charge in [0, 0.05) is 16.5 Å². The van der Waals surface area contributed by atoms with Gasteiger partial charge in [0.1, 0.15) is 10.8 Å². The summed E-state index contributed by atoms with van der Waals surface area (Å²) in [5, 5.41) is 7.05. The Morgan fingerprint density at radius 2 is 1.88 bits per heavy atom. The number of benzene rings is 2. The van der Waals surface area contributed by atoms with Crippen molar-refractivity contribution in [2.24, 2.45) is 0 Å². The van der Waals surface area contributed by atoms with E-state index < -0.39 is 0 Å². The van der Waals surface area contributed by atoms with Crippen LogP contribution in [0.4, 0.5) is 0 Å². The van der Waals surface area contributed by atoms with Crippen molar-refractivity contribution in [3.05, 3.63) is 70.4 Å². The number of aryl methyl sites for hydroxylation is 1. The number of ether oxygens (including phenoxy) is 1. The minimum Gasteiger partial charge on any atom is -0.497 e. The van der Waals surface area contributed by atoms with E-state index in [0.29, 0.717) is 18.1 Å². The van der Waals surface area contributed by atoms with Gasteiger partial charge in [-0.1, -0.05) is 41.1 Å². The number of rotatable bonds is 5. The highest BCUT2D eigenvalue weighted by atomic mass is 32.1. The summed E-state index contributed by atoms with van der Waals surface area (Å²) in [7, 11) is 1.66. The normalized spacial score (nSPS) is 10.8. The Balaban J connectivity index is 1.53. The SMILES string of the molecule is COc1cccc(-c2csc(Cc3nc(-c4cccc(C)c4)no3)n2)c1. The molecule has 0 saturated carbocycles. The number of hydrogen-bond acceptors (Lipinski definition) is 6. The van der Waals surface area contributed by atoms with Gasteiger partial charge in [-0.15, -0.1) is 11.3 Å². The first-order valence-electron chi connectivity index (χ1n) is 8.20. The van der Waals surface area contributed by atoms with Gasteiger partial charge in [0.25, 0.3) is 0 Å². The van der Waals surface area contributed by atoms with Crippen molar-refractivity contribution < 1.29 is 9.26 Å². The van der Waals surface area contributed by atoms with E-state index in [1.54, 1.807) is 18.4 Å². The molecule has 4 rings (SSSR count). The molecule has 6 heteroatoms. The van der Waals surface area contributed by atoms with Crippen LogP contribution >= 0.6 is 11.3 Å². The summed E-state index contributed by atoms with van der Waals surface area (Å²) in [5.41, 5.74) is 4.06. The minimum atomic E-state index is 0.521. The van der Waals surface area contributed by atoms with Crippen molar-refractivity contribution in [1.29, 1.82) is 0 Å². The van der Waals surface area contributed by atoms with Crippen LogP contribution in [0.1, 0.15) is 16.5 Å². The molecule has 4 aromatic rings. The predicted octanol–water partition coefficient (Wildman–Crippen LogP) is 4.77. The fourth-order valence-corrected chi connectivity index (χ4v) is 3.46. The van der Waals surface area contributed by atoms with E-state index in [2.05, 4.69) is 15.1 Å². The Morgan fingerprint density at radius 1 is 1.04 bits per heavy atom. The highest BCUT2D eigenvalue weighted by Crippen LogP contribution is 2.26. The number of hydrogen-bond donors (Lipinski definition) is 0. The number of methoxy groups -OCH3 is 1. The first kappa shape index (κ1) is 16.5. The Morgan fingerprint density at radius 3 is 2.73 bits per heavy atom. The standard InChI is InChI=1S/C20H17N3O2S/c1-13-5-3-7-15(9-13)20-22-18(25-23-20)11-19-21-17(12-26-19)14-6-4-8-16(10-14)24-2/h3-10,12H,11H2,1-2H3. The van der Waals surface area contributed by atoms with Crippen LogP contribution in [0.15, 0.2) is 58.4 Å². The highest BCUT2D eigenvalue weighted by Gasteiger charge is 2.12. The molecule has 0 saturated heterocycles. The maximum atomic E-state index is 5.40. The third kappa shape index (κ3) is 3.50. The molecule has 0 aliphatic heterocycles. The molecule has 0 spiro atoms.